The lowest BCUT2D eigenvalue weighted by atomic mass is 9.90. The number of amides is 1. The zero-order chi connectivity index (χ0) is 20.6. The molecular weight excluding hydrogens is 379 g/mol. The standard InChI is InChI=1S/C21H25FN2O3S/c1-5-24-20(25)9-15(4)18-10-17(11-19(22)21(18)24)23-28(26,27)12-16-7-6-13(2)8-14(16)3/h6-8,10-11,15,23H,5,9,12H2,1-4H3. The number of anilines is 2. The Morgan fingerprint density at radius 3 is 2.57 bits per heavy atom. The Kier molecular flexibility index (Phi) is 5.48. The predicted molar refractivity (Wildman–Crippen MR) is 110 cm³/mol. The van der Waals surface area contributed by atoms with Gasteiger partial charge >= 0.3 is 0 Å². The Labute approximate surface area is 165 Å². The van der Waals surface area contributed by atoms with Crippen LogP contribution < -0.4 is 9.62 Å². The zero-order valence-corrected chi connectivity index (χ0v) is 17.4. The van der Waals surface area contributed by atoms with Crippen LogP contribution >= 0.6 is 0 Å². The molecule has 1 aliphatic rings. The summed E-state index contributed by atoms with van der Waals surface area (Å²) in [7, 11) is -3.71. The van der Waals surface area contributed by atoms with E-state index in [2.05, 4.69) is 4.72 Å². The summed E-state index contributed by atoms with van der Waals surface area (Å²) < 4.78 is 42.6. The first-order chi connectivity index (χ1) is 13.1. The highest BCUT2D eigenvalue weighted by Gasteiger charge is 2.31. The number of benzene rings is 2. The fourth-order valence-corrected chi connectivity index (χ4v) is 4.99. The van der Waals surface area contributed by atoms with E-state index in [1.807, 2.05) is 32.9 Å². The molecule has 0 saturated carbocycles. The van der Waals surface area contributed by atoms with E-state index in [0.717, 1.165) is 17.2 Å². The van der Waals surface area contributed by atoms with Gasteiger partial charge in [-0.15, -0.1) is 0 Å². The summed E-state index contributed by atoms with van der Waals surface area (Å²) in [6, 6.07) is 8.38. The first kappa shape index (κ1) is 20.3. The van der Waals surface area contributed by atoms with Crippen LogP contribution in [0.2, 0.25) is 0 Å². The molecule has 2 aromatic rings. The molecule has 3 rings (SSSR count). The third-order valence-electron chi connectivity index (χ3n) is 5.11. The van der Waals surface area contributed by atoms with Gasteiger partial charge in [0, 0.05) is 19.0 Å². The minimum absolute atomic E-state index is 0.121. The molecule has 7 heteroatoms. The van der Waals surface area contributed by atoms with Gasteiger partial charge in [-0.25, -0.2) is 12.8 Å². The van der Waals surface area contributed by atoms with Crippen LogP contribution in [-0.4, -0.2) is 20.9 Å². The van der Waals surface area contributed by atoms with Crippen molar-refractivity contribution in [1.29, 1.82) is 0 Å². The van der Waals surface area contributed by atoms with Gasteiger partial charge in [-0.2, -0.15) is 0 Å². The first-order valence-corrected chi connectivity index (χ1v) is 11.0. The summed E-state index contributed by atoms with van der Waals surface area (Å²) in [6.07, 6.45) is 0.277. The van der Waals surface area contributed by atoms with Crippen molar-refractivity contribution in [2.75, 3.05) is 16.2 Å². The number of hydrogen-bond donors (Lipinski definition) is 1. The molecule has 1 aliphatic heterocycles. The van der Waals surface area contributed by atoms with Crippen LogP contribution in [0, 0.1) is 19.7 Å². The van der Waals surface area contributed by atoms with Gasteiger partial charge in [0.2, 0.25) is 15.9 Å². The van der Waals surface area contributed by atoms with Crippen LogP contribution in [0.4, 0.5) is 15.8 Å². The molecule has 1 unspecified atom stereocenters. The molecular formula is C21H25FN2O3S. The monoisotopic (exact) mass is 404 g/mol. The zero-order valence-electron chi connectivity index (χ0n) is 16.5. The van der Waals surface area contributed by atoms with Gasteiger partial charge in [0.1, 0.15) is 5.82 Å². The van der Waals surface area contributed by atoms with Gasteiger partial charge < -0.3 is 4.90 Å². The molecule has 0 aromatic heterocycles. The number of nitrogens with zero attached hydrogens (tertiary/aromatic N) is 1. The number of carbonyl (C=O) groups is 1. The molecule has 1 atom stereocenters. The van der Waals surface area contributed by atoms with Crippen molar-refractivity contribution in [2.45, 2.75) is 45.8 Å². The second kappa shape index (κ2) is 7.54. The van der Waals surface area contributed by atoms with E-state index in [0.29, 0.717) is 17.7 Å². The number of carbonyl (C=O) groups excluding carboxylic acids is 1. The Bertz CT molecular complexity index is 1030. The minimum atomic E-state index is -3.71. The highest BCUT2D eigenvalue weighted by atomic mass is 32.2. The third-order valence-corrected chi connectivity index (χ3v) is 6.35. The largest absolute Gasteiger partial charge is 0.310 e. The number of fused-ring (bicyclic) bond motifs is 1. The summed E-state index contributed by atoms with van der Waals surface area (Å²) in [5.74, 6) is -1.08. The van der Waals surface area contributed by atoms with Crippen LogP contribution in [0.1, 0.15) is 48.4 Å². The Balaban J connectivity index is 1.91. The molecule has 28 heavy (non-hydrogen) atoms. The van der Waals surface area contributed by atoms with Gasteiger partial charge in [0.05, 0.1) is 17.1 Å². The normalized spacial score (nSPS) is 16.8. The van der Waals surface area contributed by atoms with Gasteiger partial charge in [-0.1, -0.05) is 30.7 Å². The number of sulfonamides is 1. The van der Waals surface area contributed by atoms with Crippen molar-refractivity contribution in [3.63, 3.8) is 0 Å². The number of halogens is 1. The molecule has 1 amide bonds. The van der Waals surface area contributed by atoms with Crippen molar-refractivity contribution in [3.8, 4) is 0 Å². The Hall–Kier alpha value is -2.41. The molecule has 2 aromatic carbocycles. The lowest BCUT2D eigenvalue weighted by Gasteiger charge is -2.32. The highest BCUT2D eigenvalue weighted by molar-refractivity contribution is 7.91. The summed E-state index contributed by atoms with van der Waals surface area (Å²) >= 11 is 0. The predicted octanol–water partition coefficient (Wildman–Crippen LogP) is 4.24. The van der Waals surface area contributed by atoms with Crippen molar-refractivity contribution in [1.82, 2.24) is 0 Å². The Morgan fingerprint density at radius 1 is 1.21 bits per heavy atom. The van der Waals surface area contributed by atoms with Crippen molar-refractivity contribution in [2.24, 2.45) is 0 Å². The van der Waals surface area contributed by atoms with Crippen LogP contribution in [0.15, 0.2) is 30.3 Å². The average Bonchev–Trinajstić information content (AvgIpc) is 2.58. The molecule has 150 valence electrons. The summed E-state index contributed by atoms with van der Waals surface area (Å²) in [4.78, 5) is 13.6. The lowest BCUT2D eigenvalue weighted by molar-refractivity contribution is -0.119. The maximum Gasteiger partial charge on any atom is 0.236 e. The van der Waals surface area contributed by atoms with Crippen LogP contribution in [0.3, 0.4) is 0 Å². The van der Waals surface area contributed by atoms with E-state index < -0.39 is 15.8 Å². The number of nitrogens with one attached hydrogen (secondary N) is 1. The van der Waals surface area contributed by atoms with E-state index in [1.165, 1.54) is 4.90 Å². The van der Waals surface area contributed by atoms with Crippen molar-refractivity contribution < 1.29 is 17.6 Å². The molecule has 0 bridgehead atoms. The average molecular weight is 405 g/mol. The second-order valence-corrected chi connectivity index (χ2v) is 9.15. The van der Waals surface area contributed by atoms with Crippen molar-refractivity contribution in [3.05, 3.63) is 58.4 Å². The van der Waals surface area contributed by atoms with E-state index in [4.69, 9.17) is 0 Å². The third kappa shape index (κ3) is 4.04. The van der Waals surface area contributed by atoms with Crippen molar-refractivity contribution >= 4 is 27.3 Å². The van der Waals surface area contributed by atoms with Crippen LogP contribution in [0.5, 0.6) is 0 Å². The molecule has 0 spiro atoms. The molecule has 5 nitrogen and oxygen atoms in total. The molecule has 0 fully saturated rings. The fourth-order valence-electron chi connectivity index (χ4n) is 3.71. The highest BCUT2D eigenvalue weighted by Crippen LogP contribution is 2.39. The number of rotatable bonds is 5. The smallest absolute Gasteiger partial charge is 0.236 e. The van der Waals surface area contributed by atoms with E-state index in [9.17, 15) is 17.6 Å². The molecule has 1 N–H and O–H groups in total. The fraction of sp³-hybridized carbons (Fsp3) is 0.381. The first-order valence-electron chi connectivity index (χ1n) is 9.31. The summed E-state index contributed by atoms with van der Waals surface area (Å²) in [5, 5.41) is 0. The maximum absolute atomic E-state index is 14.8. The van der Waals surface area contributed by atoms with Gasteiger partial charge in [-0.05, 0) is 49.4 Å². The second-order valence-electron chi connectivity index (χ2n) is 7.43. The number of aryl methyl sites for hydroxylation is 2. The van der Waals surface area contributed by atoms with E-state index in [-0.39, 0.29) is 35.4 Å². The SMILES string of the molecule is CCN1C(=O)CC(C)c2cc(NS(=O)(=O)Cc3ccc(C)cc3C)cc(F)c21. The summed E-state index contributed by atoms with van der Waals surface area (Å²) in [6.45, 7) is 7.82. The summed E-state index contributed by atoms with van der Waals surface area (Å²) in [5.41, 5.74) is 3.74. The Morgan fingerprint density at radius 2 is 1.93 bits per heavy atom. The molecule has 0 aliphatic carbocycles. The minimum Gasteiger partial charge on any atom is -0.310 e. The quantitative estimate of drug-likeness (QED) is 0.810. The van der Waals surface area contributed by atoms with Gasteiger partial charge in [0.15, 0.2) is 0 Å². The molecule has 0 radical (unpaired) electrons. The van der Waals surface area contributed by atoms with E-state index >= 15 is 0 Å². The van der Waals surface area contributed by atoms with Gasteiger partial charge in [-0.3, -0.25) is 9.52 Å². The van der Waals surface area contributed by atoms with Gasteiger partial charge in [0.25, 0.3) is 0 Å². The molecule has 1 heterocycles. The van der Waals surface area contributed by atoms with E-state index in [1.54, 1.807) is 19.1 Å². The van der Waals surface area contributed by atoms with Crippen LogP contribution in [0.25, 0.3) is 0 Å². The maximum atomic E-state index is 14.8. The lowest BCUT2D eigenvalue weighted by Crippen LogP contribution is -2.36. The van der Waals surface area contributed by atoms with Crippen LogP contribution in [-0.2, 0) is 20.6 Å². The number of hydrogen-bond acceptors (Lipinski definition) is 3. The molecule has 0 saturated heterocycles. The topological polar surface area (TPSA) is 66.5 Å².